The maximum Gasteiger partial charge on any atom is 0.0213 e. The Labute approximate surface area is 75.1 Å². The summed E-state index contributed by atoms with van der Waals surface area (Å²) in [5.74, 6) is 2.21. The molecule has 3 aliphatic rings. The fourth-order valence-electron chi connectivity index (χ4n) is 2.75. The minimum atomic E-state index is 0.668. The fraction of sp³-hybridized carbons (Fsp3) is 1.00. The minimum absolute atomic E-state index is 0.668. The van der Waals surface area contributed by atoms with Crippen molar-refractivity contribution in [3.8, 4) is 0 Å². The van der Waals surface area contributed by atoms with E-state index < -0.39 is 0 Å². The van der Waals surface area contributed by atoms with Crippen molar-refractivity contribution in [1.82, 2.24) is 4.90 Å². The summed E-state index contributed by atoms with van der Waals surface area (Å²) < 4.78 is 0. The largest absolute Gasteiger partial charge is 0.298 e. The van der Waals surface area contributed by atoms with E-state index in [0.29, 0.717) is 5.54 Å². The first-order valence-electron chi connectivity index (χ1n) is 5.54. The normalized spacial score (nSPS) is 47.2. The summed E-state index contributed by atoms with van der Waals surface area (Å²) in [6, 6.07) is 0. The van der Waals surface area contributed by atoms with Gasteiger partial charge in [0.2, 0.25) is 0 Å². The molecule has 2 aliphatic carbocycles. The molecule has 1 aliphatic heterocycles. The van der Waals surface area contributed by atoms with E-state index in [1.165, 1.54) is 38.8 Å². The maximum atomic E-state index is 2.71. The molecular weight excluding hydrogens is 146 g/mol. The Morgan fingerprint density at radius 2 is 2.08 bits per heavy atom. The van der Waals surface area contributed by atoms with Crippen molar-refractivity contribution in [3.63, 3.8) is 0 Å². The smallest absolute Gasteiger partial charge is 0.0213 e. The molecular formula is C11H19N. The van der Waals surface area contributed by atoms with Crippen molar-refractivity contribution in [3.05, 3.63) is 0 Å². The summed E-state index contributed by atoms with van der Waals surface area (Å²) in [5, 5.41) is 0. The van der Waals surface area contributed by atoms with E-state index in [9.17, 15) is 0 Å². The SMILES string of the molecule is CC1(N2CCC2)CC1CC1CC1. The first-order chi connectivity index (χ1) is 5.79. The van der Waals surface area contributed by atoms with Gasteiger partial charge in [0, 0.05) is 5.54 Å². The van der Waals surface area contributed by atoms with E-state index in [0.717, 1.165) is 11.8 Å². The zero-order valence-corrected chi connectivity index (χ0v) is 8.05. The highest BCUT2D eigenvalue weighted by atomic mass is 15.3. The van der Waals surface area contributed by atoms with Crippen molar-refractivity contribution in [2.24, 2.45) is 11.8 Å². The number of hydrogen-bond acceptors (Lipinski definition) is 1. The fourth-order valence-corrected chi connectivity index (χ4v) is 2.75. The molecule has 0 aromatic heterocycles. The van der Waals surface area contributed by atoms with Gasteiger partial charge in [0.05, 0.1) is 0 Å². The quantitative estimate of drug-likeness (QED) is 0.620. The van der Waals surface area contributed by atoms with E-state index in [2.05, 4.69) is 11.8 Å². The molecule has 2 saturated carbocycles. The van der Waals surface area contributed by atoms with Gasteiger partial charge in [-0.2, -0.15) is 0 Å². The summed E-state index contributed by atoms with van der Waals surface area (Å²) in [6.07, 6.45) is 7.57. The molecule has 0 amide bonds. The highest BCUT2D eigenvalue weighted by Gasteiger charge is 2.56. The van der Waals surface area contributed by atoms with E-state index in [-0.39, 0.29) is 0 Å². The lowest BCUT2D eigenvalue weighted by atomic mass is 10.1. The zero-order valence-electron chi connectivity index (χ0n) is 8.05. The van der Waals surface area contributed by atoms with Crippen LogP contribution in [0.4, 0.5) is 0 Å². The highest BCUT2D eigenvalue weighted by Crippen LogP contribution is 2.55. The molecule has 2 unspecified atom stereocenters. The van der Waals surface area contributed by atoms with Gasteiger partial charge in [-0.1, -0.05) is 12.8 Å². The third kappa shape index (κ3) is 1.02. The third-order valence-corrected chi connectivity index (χ3v) is 4.27. The van der Waals surface area contributed by atoms with E-state index in [4.69, 9.17) is 0 Å². The minimum Gasteiger partial charge on any atom is -0.298 e. The van der Waals surface area contributed by atoms with Crippen molar-refractivity contribution in [2.45, 2.75) is 44.6 Å². The lowest BCUT2D eigenvalue weighted by Crippen LogP contribution is -2.46. The summed E-state index contributed by atoms with van der Waals surface area (Å²) in [5.41, 5.74) is 0.668. The second-order valence-electron chi connectivity index (χ2n) is 5.28. The topological polar surface area (TPSA) is 3.24 Å². The van der Waals surface area contributed by atoms with Gasteiger partial charge in [0.1, 0.15) is 0 Å². The third-order valence-electron chi connectivity index (χ3n) is 4.27. The van der Waals surface area contributed by atoms with Crippen LogP contribution in [0.25, 0.3) is 0 Å². The molecule has 68 valence electrons. The number of hydrogen-bond donors (Lipinski definition) is 0. The van der Waals surface area contributed by atoms with Crippen LogP contribution in [-0.2, 0) is 0 Å². The summed E-state index contributed by atoms with van der Waals surface area (Å²) in [7, 11) is 0. The molecule has 0 spiro atoms. The van der Waals surface area contributed by atoms with Crippen LogP contribution in [0.1, 0.15) is 39.0 Å². The molecule has 12 heavy (non-hydrogen) atoms. The number of nitrogens with zero attached hydrogens (tertiary/aromatic N) is 1. The van der Waals surface area contributed by atoms with E-state index in [1.807, 2.05) is 0 Å². The molecule has 1 heterocycles. The predicted octanol–water partition coefficient (Wildman–Crippen LogP) is 2.27. The van der Waals surface area contributed by atoms with Crippen LogP contribution in [0, 0.1) is 11.8 Å². The molecule has 0 aromatic carbocycles. The molecule has 3 rings (SSSR count). The Hall–Kier alpha value is -0.0400. The molecule has 0 N–H and O–H groups in total. The monoisotopic (exact) mass is 165 g/mol. The van der Waals surface area contributed by atoms with Crippen molar-refractivity contribution < 1.29 is 0 Å². The van der Waals surface area contributed by atoms with Crippen LogP contribution < -0.4 is 0 Å². The Kier molecular flexibility index (Phi) is 1.39. The van der Waals surface area contributed by atoms with Crippen molar-refractivity contribution >= 4 is 0 Å². The second-order valence-corrected chi connectivity index (χ2v) is 5.28. The molecule has 1 heteroatoms. The molecule has 1 nitrogen and oxygen atoms in total. The first kappa shape index (κ1) is 7.37. The van der Waals surface area contributed by atoms with Crippen LogP contribution in [0.3, 0.4) is 0 Å². The van der Waals surface area contributed by atoms with Gasteiger partial charge >= 0.3 is 0 Å². The number of rotatable bonds is 3. The molecule has 2 atom stereocenters. The van der Waals surface area contributed by atoms with E-state index >= 15 is 0 Å². The number of likely N-dealkylation sites (tertiary alicyclic amines) is 1. The van der Waals surface area contributed by atoms with Crippen LogP contribution in [0.2, 0.25) is 0 Å². The van der Waals surface area contributed by atoms with Crippen molar-refractivity contribution in [2.75, 3.05) is 13.1 Å². The van der Waals surface area contributed by atoms with Gasteiger partial charge in [-0.25, -0.2) is 0 Å². The molecule has 0 bridgehead atoms. The van der Waals surface area contributed by atoms with E-state index in [1.54, 1.807) is 6.42 Å². The molecule has 3 fully saturated rings. The van der Waals surface area contributed by atoms with Crippen LogP contribution in [0.5, 0.6) is 0 Å². The molecule has 0 radical (unpaired) electrons. The predicted molar refractivity (Wildman–Crippen MR) is 50.0 cm³/mol. The summed E-state index contributed by atoms with van der Waals surface area (Å²) >= 11 is 0. The van der Waals surface area contributed by atoms with Gasteiger partial charge < -0.3 is 0 Å². The second kappa shape index (κ2) is 2.25. The average molecular weight is 165 g/mol. The Bertz CT molecular complexity index is 193. The Morgan fingerprint density at radius 3 is 2.58 bits per heavy atom. The van der Waals surface area contributed by atoms with Crippen LogP contribution >= 0.6 is 0 Å². The van der Waals surface area contributed by atoms with Gasteiger partial charge in [0.25, 0.3) is 0 Å². The Balaban J connectivity index is 1.56. The van der Waals surface area contributed by atoms with Crippen LogP contribution in [0.15, 0.2) is 0 Å². The highest BCUT2D eigenvalue weighted by molar-refractivity contribution is 5.10. The standard InChI is InChI=1S/C11H19N/c1-11(12-5-2-6-12)8-10(11)7-9-3-4-9/h9-10H,2-8H2,1H3. The van der Waals surface area contributed by atoms with Gasteiger partial charge in [-0.15, -0.1) is 0 Å². The molecule has 0 aromatic rings. The summed E-state index contributed by atoms with van der Waals surface area (Å²) in [4.78, 5) is 2.71. The van der Waals surface area contributed by atoms with Gasteiger partial charge in [0.15, 0.2) is 0 Å². The van der Waals surface area contributed by atoms with Gasteiger partial charge in [-0.05, 0) is 51.1 Å². The van der Waals surface area contributed by atoms with Crippen LogP contribution in [-0.4, -0.2) is 23.5 Å². The first-order valence-corrected chi connectivity index (χ1v) is 5.54. The zero-order chi connectivity index (χ0) is 8.18. The average Bonchev–Trinajstić information content (AvgIpc) is 2.72. The summed E-state index contributed by atoms with van der Waals surface area (Å²) in [6.45, 7) is 5.26. The maximum absolute atomic E-state index is 2.71. The lowest BCUT2D eigenvalue weighted by molar-refractivity contribution is 0.0994. The lowest BCUT2D eigenvalue weighted by Gasteiger charge is -2.38. The van der Waals surface area contributed by atoms with Gasteiger partial charge in [-0.3, -0.25) is 4.90 Å². The van der Waals surface area contributed by atoms with Crippen molar-refractivity contribution in [1.29, 1.82) is 0 Å². The Morgan fingerprint density at radius 1 is 1.33 bits per heavy atom. The molecule has 1 saturated heterocycles.